The first-order chi connectivity index (χ1) is 7.09. The molecule has 0 spiro atoms. The Kier molecular flexibility index (Phi) is 4.69. The van der Waals surface area contributed by atoms with E-state index in [4.69, 9.17) is 5.11 Å². The van der Waals surface area contributed by atoms with E-state index >= 15 is 0 Å². The van der Waals surface area contributed by atoms with E-state index in [1.165, 1.54) is 16.0 Å². The summed E-state index contributed by atoms with van der Waals surface area (Å²) >= 11 is 1.74. The number of thioether (sulfide) groups is 1. The highest BCUT2D eigenvalue weighted by Gasteiger charge is 2.01. The lowest BCUT2D eigenvalue weighted by Gasteiger charge is -2.05. The molecule has 0 radical (unpaired) electrons. The lowest BCUT2D eigenvalue weighted by atomic mass is 10.2. The van der Waals surface area contributed by atoms with Crippen LogP contribution >= 0.6 is 11.8 Å². The maximum Gasteiger partial charge on any atom is 0.303 e. The first-order valence-electron chi connectivity index (χ1n) is 5.01. The maximum atomic E-state index is 10.3. The van der Waals surface area contributed by atoms with Crippen molar-refractivity contribution in [3.05, 3.63) is 29.3 Å². The van der Waals surface area contributed by atoms with Crippen molar-refractivity contribution in [2.75, 3.05) is 5.75 Å². The summed E-state index contributed by atoms with van der Waals surface area (Å²) in [5.74, 6) is 0.160. The minimum atomic E-state index is -0.712. The van der Waals surface area contributed by atoms with Crippen LogP contribution < -0.4 is 0 Å². The second-order valence-electron chi connectivity index (χ2n) is 3.61. The average molecular weight is 224 g/mol. The molecule has 0 aliphatic rings. The summed E-state index contributed by atoms with van der Waals surface area (Å²) in [5, 5.41) is 8.50. The van der Waals surface area contributed by atoms with Gasteiger partial charge in [0.25, 0.3) is 0 Å². The Balaban J connectivity index is 2.43. The number of carboxylic acids is 1. The third-order valence-electron chi connectivity index (χ3n) is 2.14. The largest absolute Gasteiger partial charge is 0.481 e. The van der Waals surface area contributed by atoms with Crippen LogP contribution in [0.1, 0.15) is 24.0 Å². The van der Waals surface area contributed by atoms with Crippen molar-refractivity contribution in [3.8, 4) is 0 Å². The first-order valence-corrected chi connectivity index (χ1v) is 6.00. The fourth-order valence-electron chi connectivity index (χ4n) is 1.27. The number of aliphatic carboxylic acids is 1. The number of aryl methyl sites for hydroxylation is 2. The van der Waals surface area contributed by atoms with Gasteiger partial charge in [0, 0.05) is 11.3 Å². The molecule has 0 fully saturated rings. The van der Waals surface area contributed by atoms with Gasteiger partial charge in [0.1, 0.15) is 0 Å². The average Bonchev–Trinajstić information content (AvgIpc) is 2.17. The van der Waals surface area contributed by atoms with Gasteiger partial charge in [-0.3, -0.25) is 4.79 Å². The van der Waals surface area contributed by atoms with Gasteiger partial charge in [0.05, 0.1) is 0 Å². The standard InChI is InChI=1S/C12H16O2S/c1-9-5-6-10(2)11(8-9)15-7-3-4-12(13)14/h5-6,8H,3-4,7H2,1-2H3,(H,13,14). The molecule has 2 nitrogen and oxygen atoms in total. The summed E-state index contributed by atoms with van der Waals surface area (Å²) < 4.78 is 0. The van der Waals surface area contributed by atoms with Crippen LogP contribution in [-0.2, 0) is 4.79 Å². The smallest absolute Gasteiger partial charge is 0.303 e. The Morgan fingerprint density at radius 2 is 2.13 bits per heavy atom. The first kappa shape index (κ1) is 12.1. The molecule has 0 heterocycles. The van der Waals surface area contributed by atoms with E-state index in [9.17, 15) is 4.79 Å². The van der Waals surface area contributed by atoms with Gasteiger partial charge in [-0.2, -0.15) is 0 Å². The molecule has 15 heavy (non-hydrogen) atoms. The van der Waals surface area contributed by atoms with Gasteiger partial charge in [0.15, 0.2) is 0 Å². The maximum absolute atomic E-state index is 10.3. The molecule has 0 aliphatic heterocycles. The van der Waals surface area contributed by atoms with Crippen molar-refractivity contribution in [3.63, 3.8) is 0 Å². The molecule has 0 amide bonds. The van der Waals surface area contributed by atoms with Gasteiger partial charge < -0.3 is 5.11 Å². The third-order valence-corrected chi connectivity index (χ3v) is 3.38. The van der Waals surface area contributed by atoms with E-state index in [-0.39, 0.29) is 6.42 Å². The van der Waals surface area contributed by atoms with Crippen LogP contribution in [0.2, 0.25) is 0 Å². The zero-order chi connectivity index (χ0) is 11.3. The monoisotopic (exact) mass is 224 g/mol. The highest BCUT2D eigenvalue weighted by Crippen LogP contribution is 2.24. The molecule has 0 bridgehead atoms. The van der Waals surface area contributed by atoms with Crippen molar-refractivity contribution in [2.24, 2.45) is 0 Å². The van der Waals surface area contributed by atoms with Crippen molar-refractivity contribution < 1.29 is 9.90 Å². The van der Waals surface area contributed by atoms with E-state index in [2.05, 4.69) is 32.0 Å². The predicted molar refractivity (Wildman–Crippen MR) is 63.5 cm³/mol. The summed E-state index contributed by atoms with van der Waals surface area (Å²) in [6, 6.07) is 6.35. The topological polar surface area (TPSA) is 37.3 Å². The molecule has 0 saturated carbocycles. The van der Waals surface area contributed by atoms with Gasteiger partial charge in [0.2, 0.25) is 0 Å². The lowest BCUT2D eigenvalue weighted by Crippen LogP contribution is -1.95. The number of carbonyl (C=O) groups is 1. The van der Waals surface area contributed by atoms with E-state index in [1.807, 2.05) is 0 Å². The van der Waals surface area contributed by atoms with E-state index in [1.54, 1.807) is 11.8 Å². The van der Waals surface area contributed by atoms with Gasteiger partial charge in [-0.1, -0.05) is 17.7 Å². The Labute approximate surface area is 94.7 Å². The zero-order valence-electron chi connectivity index (χ0n) is 9.12. The summed E-state index contributed by atoms with van der Waals surface area (Å²) in [4.78, 5) is 11.6. The third kappa shape index (κ3) is 4.38. The molecule has 1 aromatic rings. The van der Waals surface area contributed by atoms with Crippen LogP contribution in [0.5, 0.6) is 0 Å². The molecule has 1 rings (SSSR count). The van der Waals surface area contributed by atoms with E-state index in [0.29, 0.717) is 0 Å². The molecule has 0 atom stereocenters. The molecule has 0 aromatic heterocycles. The molecule has 1 aromatic carbocycles. The van der Waals surface area contributed by atoms with Crippen molar-refractivity contribution in [1.82, 2.24) is 0 Å². The van der Waals surface area contributed by atoms with Crippen LogP contribution in [0, 0.1) is 13.8 Å². The predicted octanol–water partition coefficient (Wildman–Crippen LogP) is 3.26. The highest BCUT2D eigenvalue weighted by atomic mass is 32.2. The molecule has 1 N–H and O–H groups in total. The molecule has 3 heteroatoms. The lowest BCUT2D eigenvalue weighted by molar-refractivity contribution is -0.137. The van der Waals surface area contributed by atoms with Gasteiger partial charge >= 0.3 is 5.97 Å². The number of rotatable bonds is 5. The van der Waals surface area contributed by atoms with Gasteiger partial charge in [-0.15, -0.1) is 11.8 Å². The summed E-state index contributed by atoms with van der Waals surface area (Å²) in [7, 11) is 0. The number of hydrogen-bond donors (Lipinski definition) is 1. The van der Waals surface area contributed by atoms with Gasteiger partial charge in [-0.05, 0) is 37.7 Å². The summed E-state index contributed by atoms with van der Waals surface area (Å²) in [6.45, 7) is 4.15. The minimum Gasteiger partial charge on any atom is -0.481 e. The Hall–Kier alpha value is -0.960. The SMILES string of the molecule is Cc1ccc(C)c(SCCCC(=O)O)c1. The van der Waals surface area contributed by atoms with E-state index in [0.717, 1.165) is 12.2 Å². The second kappa shape index (κ2) is 5.81. The summed E-state index contributed by atoms with van der Waals surface area (Å²) in [5.41, 5.74) is 2.52. The molecule has 0 saturated heterocycles. The molecule has 0 aliphatic carbocycles. The Morgan fingerprint density at radius 3 is 2.80 bits per heavy atom. The molecule has 82 valence electrons. The highest BCUT2D eigenvalue weighted by molar-refractivity contribution is 7.99. The normalized spacial score (nSPS) is 10.3. The summed E-state index contributed by atoms with van der Waals surface area (Å²) in [6.07, 6.45) is 0.991. The number of hydrogen-bond acceptors (Lipinski definition) is 2. The Morgan fingerprint density at radius 1 is 1.40 bits per heavy atom. The number of benzene rings is 1. The number of carboxylic acid groups (broad SMARTS) is 1. The van der Waals surface area contributed by atoms with Crippen LogP contribution in [0.4, 0.5) is 0 Å². The Bertz CT molecular complexity index is 347. The van der Waals surface area contributed by atoms with Gasteiger partial charge in [-0.25, -0.2) is 0 Å². The molecular formula is C12H16O2S. The van der Waals surface area contributed by atoms with E-state index < -0.39 is 5.97 Å². The van der Waals surface area contributed by atoms with Crippen LogP contribution in [0.3, 0.4) is 0 Å². The molecular weight excluding hydrogens is 208 g/mol. The van der Waals surface area contributed by atoms with Crippen LogP contribution in [0.15, 0.2) is 23.1 Å². The van der Waals surface area contributed by atoms with Crippen molar-refractivity contribution >= 4 is 17.7 Å². The molecule has 0 unspecified atom stereocenters. The fourth-order valence-corrected chi connectivity index (χ4v) is 2.34. The quantitative estimate of drug-likeness (QED) is 0.616. The van der Waals surface area contributed by atoms with Crippen LogP contribution in [0.25, 0.3) is 0 Å². The van der Waals surface area contributed by atoms with Crippen LogP contribution in [-0.4, -0.2) is 16.8 Å². The fraction of sp³-hybridized carbons (Fsp3) is 0.417. The van der Waals surface area contributed by atoms with Crippen molar-refractivity contribution in [2.45, 2.75) is 31.6 Å². The van der Waals surface area contributed by atoms with Crippen molar-refractivity contribution in [1.29, 1.82) is 0 Å². The minimum absolute atomic E-state index is 0.262. The second-order valence-corrected chi connectivity index (χ2v) is 4.75. The zero-order valence-corrected chi connectivity index (χ0v) is 9.93.